The number of benzene rings is 1. The fourth-order valence-electron chi connectivity index (χ4n) is 2.12. The molecule has 0 atom stereocenters. The molecule has 20 heavy (non-hydrogen) atoms. The average Bonchev–Trinajstić information content (AvgIpc) is 2.48. The van der Waals surface area contributed by atoms with Gasteiger partial charge in [-0.25, -0.2) is 0 Å². The number of piperazine rings is 1. The largest absolute Gasteiger partial charge is 0.314 e. The molecule has 2 heterocycles. The van der Waals surface area contributed by atoms with E-state index in [2.05, 4.69) is 20.0 Å². The molecule has 8 heteroatoms. The SMILES string of the molecule is O=S(=O)(Nc1ccc2nccnc2c1)N1CCNCC1. The van der Waals surface area contributed by atoms with Crippen molar-refractivity contribution in [2.75, 3.05) is 30.9 Å². The summed E-state index contributed by atoms with van der Waals surface area (Å²) in [6.45, 7) is 2.29. The van der Waals surface area contributed by atoms with E-state index < -0.39 is 10.2 Å². The molecule has 0 unspecified atom stereocenters. The van der Waals surface area contributed by atoms with Crippen molar-refractivity contribution in [2.24, 2.45) is 0 Å². The second kappa shape index (κ2) is 5.31. The molecule has 1 aliphatic rings. The third-order valence-electron chi connectivity index (χ3n) is 3.13. The van der Waals surface area contributed by atoms with Gasteiger partial charge in [0.15, 0.2) is 0 Å². The second-order valence-corrected chi connectivity index (χ2v) is 6.19. The molecular formula is C12H15N5O2S. The van der Waals surface area contributed by atoms with E-state index in [9.17, 15) is 8.42 Å². The number of nitrogens with one attached hydrogen (secondary N) is 2. The Hall–Kier alpha value is -1.77. The lowest BCUT2D eigenvalue weighted by Gasteiger charge is -2.26. The Kier molecular flexibility index (Phi) is 3.51. The van der Waals surface area contributed by atoms with Gasteiger partial charge in [-0.05, 0) is 18.2 Å². The van der Waals surface area contributed by atoms with E-state index >= 15 is 0 Å². The minimum atomic E-state index is -3.51. The van der Waals surface area contributed by atoms with Gasteiger partial charge in [0.2, 0.25) is 0 Å². The lowest BCUT2D eigenvalue weighted by molar-refractivity contribution is 0.362. The summed E-state index contributed by atoms with van der Waals surface area (Å²) in [6.07, 6.45) is 3.18. The molecule has 3 rings (SSSR count). The normalized spacial score (nSPS) is 17.2. The van der Waals surface area contributed by atoms with E-state index in [4.69, 9.17) is 0 Å². The Morgan fingerprint density at radius 3 is 2.55 bits per heavy atom. The lowest BCUT2D eigenvalue weighted by atomic mass is 10.3. The number of fused-ring (bicyclic) bond motifs is 1. The highest BCUT2D eigenvalue weighted by atomic mass is 32.2. The van der Waals surface area contributed by atoms with E-state index in [0.29, 0.717) is 37.4 Å². The molecule has 1 aliphatic heterocycles. The zero-order chi connectivity index (χ0) is 14.0. The van der Waals surface area contributed by atoms with E-state index in [0.717, 1.165) is 5.52 Å². The maximum atomic E-state index is 12.2. The lowest BCUT2D eigenvalue weighted by Crippen LogP contribution is -2.48. The minimum Gasteiger partial charge on any atom is -0.314 e. The average molecular weight is 293 g/mol. The first kappa shape index (κ1) is 13.2. The summed E-state index contributed by atoms with van der Waals surface area (Å²) >= 11 is 0. The van der Waals surface area contributed by atoms with Gasteiger partial charge < -0.3 is 5.32 Å². The Bertz CT molecular complexity index is 713. The van der Waals surface area contributed by atoms with Crippen molar-refractivity contribution in [3.8, 4) is 0 Å². The van der Waals surface area contributed by atoms with E-state index in [-0.39, 0.29) is 0 Å². The number of hydrogen-bond acceptors (Lipinski definition) is 5. The third-order valence-corrected chi connectivity index (χ3v) is 4.67. The monoisotopic (exact) mass is 293 g/mol. The van der Waals surface area contributed by atoms with Gasteiger partial charge in [0.1, 0.15) is 0 Å². The maximum Gasteiger partial charge on any atom is 0.301 e. The zero-order valence-electron chi connectivity index (χ0n) is 10.8. The summed E-state index contributed by atoms with van der Waals surface area (Å²) in [5.74, 6) is 0. The van der Waals surface area contributed by atoms with E-state index in [1.54, 1.807) is 30.6 Å². The molecular weight excluding hydrogens is 278 g/mol. The Labute approximate surface area is 117 Å². The number of anilines is 1. The van der Waals surface area contributed by atoms with Crippen molar-refractivity contribution in [1.29, 1.82) is 0 Å². The molecule has 7 nitrogen and oxygen atoms in total. The van der Waals surface area contributed by atoms with Crippen LogP contribution >= 0.6 is 0 Å². The molecule has 0 spiro atoms. The number of aromatic nitrogens is 2. The first-order chi connectivity index (χ1) is 9.65. The fraction of sp³-hybridized carbons (Fsp3) is 0.333. The summed E-state index contributed by atoms with van der Waals surface area (Å²) < 4.78 is 28.5. The van der Waals surface area contributed by atoms with Crippen LogP contribution in [0.5, 0.6) is 0 Å². The minimum absolute atomic E-state index is 0.475. The van der Waals surface area contributed by atoms with Crippen molar-refractivity contribution in [1.82, 2.24) is 19.6 Å². The van der Waals surface area contributed by atoms with Crippen LogP contribution < -0.4 is 10.0 Å². The number of rotatable bonds is 3. The molecule has 1 fully saturated rings. The van der Waals surface area contributed by atoms with E-state index in [1.807, 2.05) is 0 Å². The first-order valence-corrected chi connectivity index (χ1v) is 7.78. The van der Waals surface area contributed by atoms with Gasteiger partial charge >= 0.3 is 10.2 Å². The van der Waals surface area contributed by atoms with Crippen LogP contribution in [0.2, 0.25) is 0 Å². The van der Waals surface area contributed by atoms with Gasteiger partial charge in [0, 0.05) is 38.6 Å². The molecule has 2 aromatic rings. The van der Waals surface area contributed by atoms with Crippen LogP contribution in [-0.2, 0) is 10.2 Å². The summed E-state index contributed by atoms with van der Waals surface area (Å²) in [4.78, 5) is 8.31. The smallest absolute Gasteiger partial charge is 0.301 e. The van der Waals surface area contributed by atoms with Crippen LogP contribution in [0.1, 0.15) is 0 Å². The second-order valence-electron chi connectivity index (χ2n) is 4.52. The van der Waals surface area contributed by atoms with E-state index in [1.165, 1.54) is 4.31 Å². The fourth-order valence-corrected chi connectivity index (χ4v) is 3.34. The van der Waals surface area contributed by atoms with Crippen molar-refractivity contribution in [2.45, 2.75) is 0 Å². The van der Waals surface area contributed by atoms with Crippen molar-refractivity contribution >= 4 is 26.9 Å². The molecule has 1 aromatic carbocycles. The molecule has 0 aliphatic carbocycles. The molecule has 1 aromatic heterocycles. The molecule has 106 valence electrons. The standard InChI is InChI=1S/C12H15N5O2S/c18-20(19,17-7-5-13-6-8-17)16-10-1-2-11-12(9-10)15-4-3-14-11/h1-4,9,13,16H,5-8H2. The Balaban J connectivity index is 1.84. The predicted molar refractivity (Wildman–Crippen MR) is 76.5 cm³/mol. The molecule has 0 radical (unpaired) electrons. The van der Waals surface area contributed by atoms with Crippen LogP contribution in [0, 0.1) is 0 Å². The highest BCUT2D eigenvalue weighted by Gasteiger charge is 2.23. The van der Waals surface area contributed by atoms with Gasteiger partial charge in [-0.15, -0.1) is 0 Å². The van der Waals surface area contributed by atoms with Gasteiger partial charge in [-0.2, -0.15) is 12.7 Å². The predicted octanol–water partition coefficient (Wildman–Crippen LogP) is 0.192. The van der Waals surface area contributed by atoms with Crippen LogP contribution in [0.3, 0.4) is 0 Å². The van der Waals surface area contributed by atoms with Crippen LogP contribution in [0.15, 0.2) is 30.6 Å². The number of hydrogen-bond donors (Lipinski definition) is 2. The van der Waals surface area contributed by atoms with Crippen molar-refractivity contribution in [3.63, 3.8) is 0 Å². The Morgan fingerprint density at radius 2 is 1.80 bits per heavy atom. The highest BCUT2D eigenvalue weighted by molar-refractivity contribution is 7.90. The molecule has 0 amide bonds. The van der Waals surface area contributed by atoms with Crippen molar-refractivity contribution < 1.29 is 8.42 Å². The van der Waals surface area contributed by atoms with Crippen LogP contribution in [0.4, 0.5) is 5.69 Å². The van der Waals surface area contributed by atoms with Gasteiger partial charge in [0.05, 0.1) is 16.7 Å². The number of nitrogens with zero attached hydrogens (tertiary/aromatic N) is 3. The molecule has 2 N–H and O–H groups in total. The van der Waals surface area contributed by atoms with Crippen LogP contribution in [-0.4, -0.2) is 48.9 Å². The Morgan fingerprint density at radius 1 is 1.10 bits per heavy atom. The summed E-state index contributed by atoms with van der Waals surface area (Å²) in [5, 5.41) is 3.12. The quantitative estimate of drug-likeness (QED) is 0.843. The van der Waals surface area contributed by atoms with Gasteiger partial charge in [-0.1, -0.05) is 0 Å². The highest BCUT2D eigenvalue weighted by Crippen LogP contribution is 2.17. The summed E-state index contributed by atoms with van der Waals surface area (Å²) in [6, 6.07) is 5.12. The maximum absolute atomic E-state index is 12.2. The van der Waals surface area contributed by atoms with Gasteiger partial charge in [-0.3, -0.25) is 14.7 Å². The van der Waals surface area contributed by atoms with Crippen LogP contribution in [0.25, 0.3) is 11.0 Å². The summed E-state index contributed by atoms with van der Waals surface area (Å²) in [5.41, 5.74) is 1.89. The van der Waals surface area contributed by atoms with Crippen molar-refractivity contribution in [3.05, 3.63) is 30.6 Å². The topological polar surface area (TPSA) is 87.2 Å². The van der Waals surface area contributed by atoms with Gasteiger partial charge in [0.25, 0.3) is 0 Å². The molecule has 0 saturated carbocycles. The first-order valence-electron chi connectivity index (χ1n) is 6.34. The third kappa shape index (κ3) is 2.72. The zero-order valence-corrected chi connectivity index (χ0v) is 11.6. The summed E-state index contributed by atoms with van der Waals surface area (Å²) in [7, 11) is -3.51. The molecule has 1 saturated heterocycles. The molecule has 0 bridgehead atoms.